The molecule has 0 amide bonds. The van der Waals surface area contributed by atoms with Crippen LogP contribution < -0.4 is 5.32 Å². The zero-order chi connectivity index (χ0) is 20.8. The van der Waals surface area contributed by atoms with Crippen molar-refractivity contribution in [2.24, 2.45) is 0 Å². The minimum absolute atomic E-state index is 0.606. The van der Waals surface area contributed by atoms with Crippen LogP contribution in [0.2, 0.25) is 10.0 Å². The number of hydrogen-bond donors (Lipinski definition) is 1. The Bertz CT molecular complexity index is 1110. The third-order valence-electron chi connectivity index (χ3n) is 5.13. The Morgan fingerprint density at radius 2 is 1.33 bits per heavy atom. The van der Waals surface area contributed by atoms with Gasteiger partial charge in [-0.3, -0.25) is 0 Å². The molecule has 1 nitrogen and oxygen atoms in total. The van der Waals surface area contributed by atoms with Gasteiger partial charge in [0, 0.05) is 10.7 Å². The van der Waals surface area contributed by atoms with Crippen molar-refractivity contribution in [2.75, 3.05) is 5.32 Å². The lowest BCUT2D eigenvalue weighted by Crippen LogP contribution is -1.92. The number of hydrogen-bond acceptors (Lipinski definition) is 1. The van der Waals surface area contributed by atoms with E-state index in [1.165, 1.54) is 22.3 Å². The normalized spacial score (nSPS) is 10.7. The van der Waals surface area contributed by atoms with E-state index in [2.05, 4.69) is 84.2 Å². The number of rotatable bonds is 7. The van der Waals surface area contributed by atoms with E-state index >= 15 is 0 Å². The second-order valence-electron chi connectivity index (χ2n) is 7.37. The Kier molecular flexibility index (Phi) is 6.74. The highest BCUT2D eigenvalue weighted by atomic mass is 35.5. The lowest BCUT2D eigenvalue weighted by Gasteiger charge is -2.10. The van der Waals surface area contributed by atoms with Crippen LogP contribution in [-0.2, 0) is 12.8 Å². The Labute approximate surface area is 188 Å². The van der Waals surface area contributed by atoms with Crippen molar-refractivity contribution >= 4 is 34.6 Å². The van der Waals surface area contributed by atoms with Crippen LogP contribution in [0.25, 0.3) is 11.1 Å². The van der Waals surface area contributed by atoms with Crippen LogP contribution in [0.3, 0.4) is 0 Å². The second kappa shape index (κ2) is 9.84. The predicted octanol–water partition coefficient (Wildman–Crippen LogP) is 8.58. The van der Waals surface area contributed by atoms with Crippen molar-refractivity contribution in [1.29, 1.82) is 0 Å². The zero-order valence-electron chi connectivity index (χ0n) is 16.6. The molecule has 4 aromatic carbocycles. The molecule has 0 aliphatic carbocycles. The lowest BCUT2D eigenvalue weighted by molar-refractivity contribution is 0.821. The predicted molar refractivity (Wildman–Crippen MR) is 130 cm³/mol. The van der Waals surface area contributed by atoms with E-state index in [1.807, 2.05) is 12.1 Å². The third-order valence-corrected chi connectivity index (χ3v) is 5.68. The van der Waals surface area contributed by atoms with E-state index in [4.69, 9.17) is 23.2 Å². The topological polar surface area (TPSA) is 12.0 Å². The van der Waals surface area contributed by atoms with Crippen molar-refractivity contribution in [1.82, 2.24) is 0 Å². The number of anilines is 2. The molecule has 0 saturated heterocycles. The second-order valence-corrected chi connectivity index (χ2v) is 8.21. The Balaban J connectivity index is 1.40. The van der Waals surface area contributed by atoms with Crippen LogP contribution in [0, 0.1) is 0 Å². The third kappa shape index (κ3) is 5.44. The molecule has 0 fully saturated rings. The number of aryl methyl sites for hydroxylation is 2. The van der Waals surface area contributed by atoms with Crippen molar-refractivity contribution in [3.8, 4) is 11.1 Å². The van der Waals surface area contributed by atoms with Gasteiger partial charge in [0.1, 0.15) is 0 Å². The number of nitrogens with one attached hydrogen (secondary N) is 1. The first-order valence-electron chi connectivity index (χ1n) is 10.1. The van der Waals surface area contributed by atoms with Crippen LogP contribution >= 0.6 is 23.2 Å². The van der Waals surface area contributed by atoms with E-state index in [0.717, 1.165) is 30.6 Å². The maximum atomic E-state index is 6.26. The Morgan fingerprint density at radius 1 is 0.600 bits per heavy atom. The molecule has 0 aromatic heterocycles. The molecule has 0 aliphatic heterocycles. The van der Waals surface area contributed by atoms with Crippen LogP contribution in [0.5, 0.6) is 0 Å². The van der Waals surface area contributed by atoms with Gasteiger partial charge in [0.05, 0.1) is 10.7 Å². The fourth-order valence-electron chi connectivity index (χ4n) is 3.54. The SMILES string of the molecule is Clc1ccc(Nc2ccc(-c3cccc(CCCc4ccccc4)c3)cc2)c(Cl)c1. The van der Waals surface area contributed by atoms with Gasteiger partial charge in [-0.25, -0.2) is 0 Å². The molecule has 0 spiro atoms. The van der Waals surface area contributed by atoms with E-state index < -0.39 is 0 Å². The van der Waals surface area contributed by atoms with Crippen LogP contribution in [0.1, 0.15) is 17.5 Å². The van der Waals surface area contributed by atoms with E-state index in [9.17, 15) is 0 Å². The molecule has 0 aliphatic rings. The van der Waals surface area contributed by atoms with Gasteiger partial charge in [-0.15, -0.1) is 0 Å². The maximum Gasteiger partial charge on any atom is 0.0655 e. The molecule has 0 heterocycles. The first-order chi connectivity index (χ1) is 14.7. The average molecular weight is 432 g/mol. The standard InChI is InChI=1S/C27H23Cl2N/c28-24-14-17-27(26(29)19-24)30-25-15-12-22(13-16-25)23-11-5-10-21(18-23)9-4-8-20-6-2-1-3-7-20/h1-3,5-7,10-19,30H,4,8-9H2. The lowest BCUT2D eigenvalue weighted by atomic mass is 9.99. The summed E-state index contributed by atoms with van der Waals surface area (Å²) in [4.78, 5) is 0. The highest BCUT2D eigenvalue weighted by Crippen LogP contribution is 2.29. The average Bonchev–Trinajstić information content (AvgIpc) is 2.77. The molecule has 0 saturated carbocycles. The van der Waals surface area contributed by atoms with Gasteiger partial charge in [-0.1, -0.05) is 89.9 Å². The number of halogens is 2. The summed E-state index contributed by atoms with van der Waals surface area (Å²) in [5, 5.41) is 4.58. The highest BCUT2D eigenvalue weighted by Gasteiger charge is 2.04. The van der Waals surface area contributed by atoms with E-state index in [0.29, 0.717) is 10.0 Å². The summed E-state index contributed by atoms with van der Waals surface area (Å²) in [6, 6.07) is 33.4. The van der Waals surface area contributed by atoms with Crippen molar-refractivity contribution in [3.05, 3.63) is 118 Å². The molecule has 1 N–H and O–H groups in total. The number of benzene rings is 4. The molecule has 0 unspecified atom stereocenters. The van der Waals surface area contributed by atoms with Gasteiger partial charge < -0.3 is 5.32 Å². The summed E-state index contributed by atoms with van der Waals surface area (Å²) < 4.78 is 0. The fraction of sp³-hybridized carbons (Fsp3) is 0.111. The fourth-order valence-corrected chi connectivity index (χ4v) is 4.00. The van der Waals surface area contributed by atoms with Gasteiger partial charge in [0.2, 0.25) is 0 Å². The van der Waals surface area contributed by atoms with Gasteiger partial charge in [0.15, 0.2) is 0 Å². The summed E-state index contributed by atoms with van der Waals surface area (Å²) in [6.07, 6.45) is 3.34. The first-order valence-corrected chi connectivity index (χ1v) is 10.9. The smallest absolute Gasteiger partial charge is 0.0655 e. The molecular weight excluding hydrogens is 409 g/mol. The van der Waals surface area contributed by atoms with Gasteiger partial charge in [0.25, 0.3) is 0 Å². The zero-order valence-corrected chi connectivity index (χ0v) is 18.1. The summed E-state index contributed by atoms with van der Waals surface area (Å²) in [6.45, 7) is 0. The largest absolute Gasteiger partial charge is 0.354 e. The molecule has 4 rings (SSSR count). The van der Waals surface area contributed by atoms with Crippen molar-refractivity contribution < 1.29 is 0 Å². The van der Waals surface area contributed by atoms with Crippen molar-refractivity contribution in [3.63, 3.8) is 0 Å². The molecule has 0 bridgehead atoms. The monoisotopic (exact) mass is 431 g/mol. The first kappa shape index (κ1) is 20.5. The molecular formula is C27H23Cl2N. The maximum absolute atomic E-state index is 6.26. The molecule has 3 heteroatoms. The van der Waals surface area contributed by atoms with Crippen molar-refractivity contribution in [2.45, 2.75) is 19.3 Å². The van der Waals surface area contributed by atoms with Crippen LogP contribution in [0.15, 0.2) is 97.1 Å². The summed E-state index contributed by atoms with van der Waals surface area (Å²) in [5.41, 5.74) is 7.04. The quantitative estimate of drug-likeness (QED) is 0.308. The van der Waals surface area contributed by atoms with Gasteiger partial charge in [-0.05, 0) is 71.8 Å². The highest BCUT2D eigenvalue weighted by molar-refractivity contribution is 6.36. The summed E-state index contributed by atoms with van der Waals surface area (Å²) in [5.74, 6) is 0. The van der Waals surface area contributed by atoms with Crippen LogP contribution in [0.4, 0.5) is 11.4 Å². The van der Waals surface area contributed by atoms with E-state index in [-0.39, 0.29) is 0 Å². The molecule has 30 heavy (non-hydrogen) atoms. The van der Waals surface area contributed by atoms with Crippen LogP contribution in [-0.4, -0.2) is 0 Å². The molecule has 4 aromatic rings. The Hall–Kier alpha value is -2.74. The minimum Gasteiger partial charge on any atom is -0.354 e. The van der Waals surface area contributed by atoms with Gasteiger partial charge in [-0.2, -0.15) is 0 Å². The molecule has 0 atom stereocenters. The molecule has 0 radical (unpaired) electrons. The van der Waals surface area contributed by atoms with Gasteiger partial charge >= 0.3 is 0 Å². The summed E-state index contributed by atoms with van der Waals surface area (Å²) in [7, 11) is 0. The molecule has 150 valence electrons. The summed E-state index contributed by atoms with van der Waals surface area (Å²) >= 11 is 12.2. The minimum atomic E-state index is 0.606. The van der Waals surface area contributed by atoms with E-state index in [1.54, 1.807) is 6.07 Å². The Morgan fingerprint density at radius 3 is 2.10 bits per heavy atom.